The van der Waals surface area contributed by atoms with Crippen LogP contribution in [0.15, 0.2) is 59.4 Å². The summed E-state index contributed by atoms with van der Waals surface area (Å²) in [6.07, 6.45) is 0.486. The van der Waals surface area contributed by atoms with Crippen molar-refractivity contribution < 1.29 is 13.9 Å². The smallest absolute Gasteiger partial charge is 0.319 e. The van der Waals surface area contributed by atoms with Crippen LogP contribution in [0.2, 0.25) is 5.02 Å². The van der Waals surface area contributed by atoms with Crippen molar-refractivity contribution in [3.05, 3.63) is 75.8 Å². The summed E-state index contributed by atoms with van der Waals surface area (Å²) in [6, 6.07) is 13.4. The summed E-state index contributed by atoms with van der Waals surface area (Å²) < 4.78 is 19.6. The first-order chi connectivity index (χ1) is 14.5. The highest BCUT2D eigenvalue weighted by Gasteiger charge is 2.08. The Labute approximate surface area is 177 Å². The first kappa shape index (κ1) is 21.3. The average Bonchev–Trinajstić information content (AvgIpc) is 2.73. The third-order valence-corrected chi connectivity index (χ3v) is 4.48. The van der Waals surface area contributed by atoms with Gasteiger partial charge in [0.15, 0.2) is 0 Å². The van der Waals surface area contributed by atoms with Gasteiger partial charge in [0.1, 0.15) is 11.6 Å². The van der Waals surface area contributed by atoms with Crippen molar-refractivity contribution in [3.8, 4) is 17.0 Å². The highest BCUT2D eigenvalue weighted by molar-refractivity contribution is 6.31. The number of rotatable bonds is 7. The van der Waals surface area contributed by atoms with E-state index < -0.39 is 6.03 Å². The number of nitrogens with zero attached hydrogens (tertiary/aromatic N) is 2. The Balaban J connectivity index is 1.55. The van der Waals surface area contributed by atoms with Gasteiger partial charge in [0.25, 0.3) is 5.56 Å². The average molecular weight is 431 g/mol. The molecule has 30 heavy (non-hydrogen) atoms. The molecule has 3 aromatic rings. The van der Waals surface area contributed by atoms with E-state index in [1.54, 1.807) is 36.4 Å². The highest BCUT2D eigenvalue weighted by atomic mass is 35.5. The number of methoxy groups -OCH3 is 1. The van der Waals surface area contributed by atoms with Crippen LogP contribution in [0, 0.1) is 5.82 Å². The number of ether oxygens (including phenoxy) is 1. The quantitative estimate of drug-likeness (QED) is 0.556. The van der Waals surface area contributed by atoms with Gasteiger partial charge in [0, 0.05) is 29.7 Å². The molecule has 1 heterocycles. The molecule has 0 saturated carbocycles. The Kier molecular flexibility index (Phi) is 7.03. The highest BCUT2D eigenvalue weighted by Crippen LogP contribution is 2.27. The molecule has 0 fully saturated rings. The maximum atomic E-state index is 13.1. The van der Waals surface area contributed by atoms with Gasteiger partial charge in [-0.2, -0.15) is 5.10 Å². The molecule has 0 saturated heterocycles. The van der Waals surface area contributed by atoms with Crippen LogP contribution in [0.5, 0.6) is 5.75 Å². The normalized spacial score (nSPS) is 10.5. The number of aromatic nitrogens is 2. The largest absolute Gasteiger partial charge is 0.495 e. The molecule has 156 valence electrons. The minimum atomic E-state index is -0.420. The van der Waals surface area contributed by atoms with Crippen molar-refractivity contribution in [1.29, 1.82) is 0 Å². The van der Waals surface area contributed by atoms with Crippen LogP contribution in [-0.2, 0) is 6.54 Å². The predicted molar refractivity (Wildman–Crippen MR) is 114 cm³/mol. The topological polar surface area (TPSA) is 85.2 Å². The van der Waals surface area contributed by atoms with Crippen molar-refractivity contribution in [1.82, 2.24) is 15.1 Å². The van der Waals surface area contributed by atoms with E-state index in [1.807, 2.05) is 0 Å². The number of amides is 2. The molecule has 0 spiro atoms. The van der Waals surface area contributed by atoms with Gasteiger partial charge in [-0.05, 0) is 55.0 Å². The molecule has 0 aliphatic rings. The Morgan fingerprint density at radius 1 is 1.17 bits per heavy atom. The molecule has 2 N–H and O–H groups in total. The maximum Gasteiger partial charge on any atom is 0.319 e. The van der Waals surface area contributed by atoms with Crippen molar-refractivity contribution in [2.75, 3.05) is 19.0 Å². The van der Waals surface area contributed by atoms with E-state index >= 15 is 0 Å². The van der Waals surface area contributed by atoms with Gasteiger partial charge in [-0.25, -0.2) is 13.9 Å². The first-order valence-corrected chi connectivity index (χ1v) is 9.56. The number of nitrogens with one attached hydrogen (secondary N) is 2. The van der Waals surface area contributed by atoms with Gasteiger partial charge in [-0.3, -0.25) is 4.79 Å². The first-order valence-electron chi connectivity index (χ1n) is 9.19. The zero-order valence-corrected chi connectivity index (χ0v) is 16.9. The number of carbonyl (C=O) groups excluding carboxylic acids is 1. The van der Waals surface area contributed by atoms with Gasteiger partial charge in [-0.1, -0.05) is 11.6 Å². The Morgan fingerprint density at radius 2 is 1.93 bits per heavy atom. The van der Waals surface area contributed by atoms with Gasteiger partial charge in [-0.15, -0.1) is 0 Å². The number of hydrogen-bond acceptors (Lipinski definition) is 4. The number of anilines is 1. The van der Waals surface area contributed by atoms with Crippen LogP contribution >= 0.6 is 11.6 Å². The van der Waals surface area contributed by atoms with Crippen LogP contribution in [0.3, 0.4) is 0 Å². The van der Waals surface area contributed by atoms with Gasteiger partial charge in [0.2, 0.25) is 0 Å². The second-order valence-corrected chi connectivity index (χ2v) is 6.80. The van der Waals surface area contributed by atoms with E-state index in [2.05, 4.69) is 15.7 Å². The van der Waals surface area contributed by atoms with E-state index in [-0.39, 0.29) is 11.4 Å². The minimum absolute atomic E-state index is 0.256. The van der Waals surface area contributed by atoms with Crippen molar-refractivity contribution in [2.24, 2.45) is 0 Å². The molecule has 0 aliphatic heterocycles. The summed E-state index contributed by atoms with van der Waals surface area (Å²) in [5.41, 5.74) is 1.47. The number of carbonyl (C=O) groups is 1. The fourth-order valence-electron chi connectivity index (χ4n) is 2.76. The summed E-state index contributed by atoms with van der Waals surface area (Å²) in [7, 11) is 1.50. The number of urea groups is 1. The molecular formula is C21H20ClFN4O3. The molecule has 0 radical (unpaired) electrons. The fraction of sp³-hybridized carbons (Fsp3) is 0.190. The molecule has 9 heteroatoms. The zero-order valence-electron chi connectivity index (χ0n) is 16.2. The molecule has 1 aromatic heterocycles. The van der Waals surface area contributed by atoms with Crippen LogP contribution in [0.1, 0.15) is 6.42 Å². The zero-order chi connectivity index (χ0) is 21.5. The number of hydrogen-bond donors (Lipinski definition) is 2. The molecule has 7 nitrogen and oxygen atoms in total. The van der Waals surface area contributed by atoms with Gasteiger partial charge in [0.05, 0.1) is 18.5 Å². The lowest BCUT2D eigenvalue weighted by atomic mass is 10.1. The molecule has 0 bridgehead atoms. The summed E-state index contributed by atoms with van der Waals surface area (Å²) >= 11 is 5.95. The molecule has 0 aliphatic carbocycles. The second-order valence-electron chi connectivity index (χ2n) is 6.37. The lowest BCUT2D eigenvalue weighted by Gasteiger charge is -2.12. The van der Waals surface area contributed by atoms with Crippen LogP contribution in [-0.4, -0.2) is 29.5 Å². The fourth-order valence-corrected chi connectivity index (χ4v) is 2.93. The number of halogens is 2. The molecule has 2 amide bonds. The SMILES string of the molecule is COc1ccc(Cl)cc1NC(=O)NCCCn1nc(-c2ccc(F)cc2)ccc1=O. The maximum absolute atomic E-state index is 13.1. The summed E-state index contributed by atoms with van der Waals surface area (Å²) in [4.78, 5) is 24.1. The van der Waals surface area contributed by atoms with E-state index in [4.69, 9.17) is 16.3 Å². The van der Waals surface area contributed by atoms with E-state index in [1.165, 1.54) is 30.0 Å². The Hall–Kier alpha value is -3.39. The monoisotopic (exact) mass is 430 g/mol. The lowest BCUT2D eigenvalue weighted by Crippen LogP contribution is -2.31. The summed E-state index contributed by atoms with van der Waals surface area (Å²) in [5.74, 6) is 0.148. The minimum Gasteiger partial charge on any atom is -0.495 e. The second kappa shape index (κ2) is 9.89. The molecule has 0 atom stereocenters. The summed E-state index contributed by atoms with van der Waals surface area (Å²) in [5, 5.41) is 10.2. The van der Waals surface area contributed by atoms with Crippen LogP contribution in [0.4, 0.5) is 14.9 Å². The molecule has 0 unspecified atom stereocenters. The van der Waals surface area contributed by atoms with Gasteiger partial charge < -0.3 is 15.4 Å². The van der Waals surface area contributed by atoms with Crippen LogP contribution in [0.25, 0.3) is 11.3 Å². The molecular weight excluding hydrogens is 411 g/mol. The predicted octanol–water partition coefficient (Wildman–Crippen LogP) is 3.92. The molecule has 2 aromatic carbocycles. The van der Waals surface area contributed by atoms with E-state index in [0.717, 1.165) is 0 Å². The number of aryl methyl sites for hydroxylation is 1. The van der Waals surface area contributed by atoms with Gasteiger partial charge >= 0.3 is 6.03 Å². The van der Waals surface area contributed by atoms with Crippen molar-refractivity contribution in [2.45, 2.75) is 13.0 Å². The van der Waals surface area contributed by atoms with Crippen molar-refractivity contribution in [3.63, 3.8) is 0 Å². The summed E-state index contributed by atoms with van der Waals surface area (Å²) in [6.45, 7) is 0.637. The molecule has 3 rings (SSSR count). The lowest BCUT2D eigenvalue weighted by molar-refractivity contribution is 0.251. The number of benzene rings is 2. The Bertz CT molecular complexity index is 1090. The van der Waals surface area contributed by atoms with Crippen LogP contribution < -0.4 is 20.9 Å². The standard InChI is InChI=1S/C21H20ClFN4O3/c1-30-19-9-5-15(22)13-18(19)25-21(29)24-11-2-12-27-20(28)10-8-17(26-27)14-3-6-16(23)7-4-14/h3-10,13H,2,11-12H2,1H3,(H2,24,25,29). The van der Waals surface area contributed by atoms with E-state index in [0.29, 0.717) is 47.2 Å². The third kappa shape index (κ3) is 5.57. The van der Waals surface area contributed by atoms with E-state index in [9.17, 15) is 14.0 Å². The Morgan fingerprint density at radius 3 is 2.67 bits per heavy atom. The third-order valence-electron chi connectivity index (χ3n) is 4.25. The van der Waals surface area contributed by atoms with Crippen molar-refractivity contribution >= 4 is 23.3 Å².